The second kappa shape index (κ2) is 9.16. The molecule has 9 heteroatoms. The number of methoxy groups -OCH3 is 2. The first-order valence-corrected chi connectivity index (χ1v) is 11.9. The van der Waals surface area contributed by atoms with Crippen LogP contribution >= 0.6 is 11.3 Å². The van der Waals surface area contributed by atoms with E-state index in [-0.39, 0.29) is 5.69 Å². The fraction of sp³-hybridized carbons (Fsp3) is 0.231. The number of nitrogens with two attached hydrogens (primary N) is 1. The van der Waals surface area contributed by atoms with Crippen molar-refractivity contribution >= 4 is 38.8 Å². The number of likely N-dealkylation sites (N-methyl/N-ethyl adjacent to an activating group) is 1. The predicted octanol–water partition coefficient (Wildman–Crippen LogP) is 4.94. The number of nitrogens with one attached hydrogen (secondary N) is 1. The summed E-state index contributed by atoms with van der Waals surface area (Å²) in [6.45, 7) is 1.59. The number of pyridine rings is 1. The highest BCUT2D eigenvalue weighted by molar-refractivity contribution is 7.21. The van der Waals surface area contributed by atoms with E-state index < -0.39 is 11.7 Å². The third kappa shape index (κ3) is 4.06. The van der Waals surface area contributed by atoms with Crippen molar-refractivity contribution in [3.8, 4) is 22.6 Å². The molecule has 1 aliphatic rings. The summed E-state index contributed by atoms with van der Waals surface area (Å²) < 4.78 is 25.1. The summed E-state index contributed by atoms with van der Waals surface area (Å²) >= 11 is 1.22. The zero-order valence-corrected chi connectivity index (χ0v) is 20.5. The van der Waals surface area contributed by atoms with Crippen LogP contribution in [0.4, 0.5) is 15.8 Å². The van der Waals surface area contributed by atoms with Gasteiger partial charge in [-0.05, 0) is 42.4 Å². The number of halogens is 1. The lowest BCUT2D eigenvalue weighted by Gasteiger charge is -2.27. The molecule has 0 spiro atoms. The Bertz CT molecular complexity index is 1450. The molecule has 0 aliphatic carbocycles. The van der Waals surface area contributed by atoms with E-state index >= 15 is 0 Å². The van der Waals surface area contributed by atoms with Crippen LogP contribution in [-0.2, 0) is 13.0 Å². The Labute approximate surface area is 206 Å². The van der Waals surface area contributed by atoms with Crippen molar-refractivity contribution in [2.75, 3.05) is 38.9 Å². The van der Waals surface area contributed by atoms with Crippen LogP contribution in [0.1, 0.15) is 20.9 Å². The van der Waals surface area contributed by atoms with Crippen molar-refractivity contribution in [1.82, 2.24) is 9.88 Å². The minimum absolute atomic E-state index is 0.100. The monoisotopic (exact) mass is 492 g/mol. The topological polar surface area (TPSA) is 89.7 Å². The molecule has 2 aromatic carbocycles. The minimum Gasteiger partial charge on any atom is -0.493 e. The third-order valence-electron chi connectivity index (χ3n) is 6.22. The van der Waals surface area contributed by atoms with Crippen LogP contribution in [-0.4, -0.2) is 43.6 Å². The molecule has 5 rings (SSSR count). The summed E-state index contributed by atoms with van der Waals surface area (Å²) in [5, 5.41) is 3.36. The van der Waals surface area contributed by atoms with Crippen molar-refractivity contribution in [3.05, 3.63) is 64.4 Å². The second-order valence-corrected chi connectivity index (χ2v) is 9.43. The molecule has 1 aliphatic heterocycles. The highest BCUT2D eigenvalue weighted by Gasteiger charge is 2.27. The molecule has 180 valence electrons. The first-order valence-electron chi connectivity index (χ1n) is 11.1. The van der Waals surface area contributed by atoms with Crippen LogP contribution in [0.5, 0.6) is 11.5 Å². The zero-order chi connectivity index (χ0) is 24.7. The number of anilines is 2. The Hall–Kier alpha value is -3.69. The number of ether oxygens (including phenoxy) is 2. The number of benzene rings is 2. The number of rotatable bonds is 5. The van der Waals surface area contributed by atoms with Crippen LogP contribution in [0.25, 0.3) is 21.3 Å². The van der Waals surface area contributed by atoms with Crippen molar-refractivity contribution < 1.29 is 18.7 Å². The maximum atomic E-state index is 14.1. The molecule has 1 amide bonds. The van der Waals surface area contributed by atoms with Crippen molar-refractivity contribution in [2.45, 2.75) is 13.0 Å². The number of hydrogen-bond donors (Lipinski definition) is 2. The van der Waals surface area contributed by atoms with Gasteiger partial charge in [0.05, 0.1) is 25.6 Å². The Balaban J connectivity index is 1.71. The number of carbonyl (C=O) groups excluding carboxylic acids is 1. The van der Waals surface area contributed by atoms with Gasteiger partial charge in [-0.15, -0.1) is 11.3 Å². The van der Waals surface area contributed by atoms with E-state index in [0.29, 0.717) is 33.4 Å². The molecule has 7 nitrogen and oxygen atoms in total. The van der Waals surface area contributed by atoms with Crippen molar-refractivity contribution in [1.29, 1.82) is 0 Å². The lowest BCUT2D eigenvalue weighted by molar-refractivity contribution is 0.103. The number of fused-ring (bicyclic) bond motifs is 2. The van der Waals surface area contributed by atoms with E-state index in [1.807, 2.05) is 18.2 Å². The van der Waals surface area contributed by atoms with E-state index in [2.05, 4.69) is 17.3 Å². The number of hydrogen-bond acceptors (Lipinski definition) is 7. The summed E-state index contributed by atoms with van der Waals surface area (Å²) in [6, 6.07) is 11.8. The van der Waals surface area contributed by atoms with Gasteiger partial charge in [-0.25, -0.2) is 9.37 Å². The fourth-order valence-electron chi connectivity index (χ4n) is 4.48. The van der Waals surface area contributed by atoms with Gasteiger partial charge >= 0.3 is 0 Å². The standard InChI is InChI=1S/C26H25FN4O3S/c1-31-11-10-17-15(13-31)21(14-8-9-19(33-2)20(12-14)34-3)22-23(28)24(35-26(22)30-17)25(32)29-18-7-5-4-6-16(18)27/h4-9,12H,10-11,13,28H2,1-3H3,(H,29,32). The average Bonchev–Trinajstić information content (AvgIpc) is 3.19. The number of aromatic nitrogens is 1. The number of para-hydroxylation sites is 1. The molecular weight excluding hydrogens is 467 g/mol. The zero-order valence-electron chi connectivity index (χ0n) is 19.6. The normalized spacial score (nSPS) is 13.5. The van der Waals surface area contributed by atoms with Gasteiger partial charge in [0.25, 0.3) is 5.91 Å². The van der Waals surface area contributed by atoms with E-state index in [1.54, 1.807) is 26.4 Å². The Morgan fingerprint density at radius 1 is 1.17 bits per heavy atom. The quantitative estimate of drug-likeness (QED) is 0.410. The molecule has 3 heterocycles. The third-order valence-corrected chi connectivity index (χ3v) is 7.32. The van der Waals surface area contributed by atoms with Gasteiger partial charge in [0.2, 0.25) is 0 Å². The van der Waals surface area contributed by atoms with Gasteiger partial charge in [0, 0.05) is 36.2 Å². The molecule has 35 heavy (non-hydrogen) atoms. The minimum atomic E-state index is -0.511. The van der Waals surface area contributed by atoms with Crippen LogP contribution in [0.15, 0.2) is 42.5 Å². The Morgan fingerprint density at radius 2 is 1.94 bits per heavy atom. The number of thiophene rings is 1. The smallest absolute Gasteiger partial charge is 0.268 e. The van der Waals surface area contributed by atoms with Gasteiger partial charge in [0.1, 0.15) is 15.5 Å². The lowest BCUT2D eigenvalue weighted by atomic mass is 9.92. The summed E-state index contributed by atoms with van der Waals surface area (Å²) in [5.74, 6) is 0.238. The highest BCUT2D eigenvalue weighted by atomic mass is 32.1. The molecule has 0 unspecified atom stereocenters. The van der Waals surface area contributed by atoms with E-state index in [4.69, 9.17) is 20.2 Å². The maximum absolute atomic E-state index is 14.1. The molecule has 0 saturated carbocycles. The summed E-state index contributed by atoms with van der Waals surface area (Å²) in [4.78, 5) is 21.3. The lowest BCUT2D eigenvalue weighted by Crippen LogP contribution is -2.27. The molecule has 0 saturated heterocycles. The van der Waals surface area contributed by atoms with Gasteiger partial charge in [-0.3, -0.25) is 4.79 Å². The molecule has 0 atom stereocenters. The SMILES string of the molecule is COc1ccc(-c2c3c(nc4sc(C(=O)Nc5ccccc5F)c(N)c24)CCN(C)C3)cc1OC. The second-order valence-electron chi connectivity index (χ2n) is 8.43. The van der Waals surface area contributed by atoms with Gasteiger partial charge in [0.15, 0.2) is 11.5 Å². The fourth-order valence-corrected chi connectivity index (χ4v) is 5.50. The summed E-state index contributed by atoms with van der Waals surface area (Å²) in [6.07, 6.45) is 0.788. The molecular formula is C26H25FN4O3S. The molecule has 0 radical (unpaired) electrons. The van der Waals surface area contributed by atoms with E-state index in [0.717, 1.165) is 40.7 Å². The first kappa shape index (κ1) is 23.1. The van der Waals surface area contributed by atoms with Crippen LogP contribution < -0.4 is 20.5 Å². The predicted molar refractivity (Wildman–Crippen MR) is 137 cm³/mol. The van der Waals surface area contributed by atoms with Gasteiger partial charge in [-0.1, -0.05) is 18.2 Å². The number of nitrogens with zero attached hydrogens (tertiary/aromatic N) is 2. The average molecular weight is 493 g/mol. The van der Waals surface area contributed by atoms with Gasteiger partial charge in [-0.2, -0.15) is 0 Å². The summed E-state index contributed by atoms with van der Waals surface area (Å²) in [5.41, 5.74) is 10.9. The van der Waals surface area contributed by atoms with Crippen LogP contribution in [0, 0.1) is 5.82 Å². The Kier molecular flexibility index (Phi) is 6.04. The number of nitrogen functional groups attached to an aromatic ring is 1. The van der Waals surface area contributed by atoms with E-state index in [1.165, 1.54) is 23.5 Å². The Morgan fingerprint density at radius 3 is 2.69 bits per heavy atom. The highest BCUT2D eigenvalue weighted by Crippen LogP contribution is 2.45. The van der Waals surface area contributed by atoms with Crippen molar-refractivity contribution in [2.24, 2.45) is 0 Å². The maximum Gasteiger partial charge on any atom is 0.268 e. The molecule has 0 fully saturated rings. The van der Waals surface area contributed by atoms with Crippen molar-refractivity contribution in [3.63, 3.8) is 0 Å². The van der Waals surface area contributed by atoms with Crippen LogP contribution in [0.2, 0.25) is 0 Å². The largest absolute Gasteiger partial charge is 0.493 e. The van der Waals surface area contributed by atoms with Crippen LogP contribution in [0.3, 0.4) is 0 Å². The number of carbonyl (C=O) groups is 1. The molecule has 0 bridgehead atoms. The molecule has 2 aromatic heterocycles. The van der Waals surface area contributed by atoms with E-state index in [9.17, 15) is 9.18 Å². The molecule has 4 aromatic rings. The molecule has 3 N–H and O–H groups in total. The van der Waals surface area contributed by atoms with Gasteiger partial charge < -0.3 is 25.4 Å². The number of amides is 1. The summed E-state index contributed by atoms with van der Waals surface area (Å²) in [7, 11) is 5.25. The first-order chi connectivity index (χ1) is 16.9.